The fourth-order valence-electron chi connectivity index (χ4n) is 2.31. The largest absolute Gasteiger partial charge is 0.350 e. The zero-order chi connectivity index (χ0) is 13.3. The number of amides is 1. The molecule has 98 valence electrons. The third-order valence-corrected chi connectivity index (χ3v) is 3.69. The average Bonchev–Trinajstić information content (AvgIpc) is 3.09. The lowest BCUT2D eigenvalue weighted by Gasteiger charge is -2.24. The molecular formula is C15H22N2O. The van der Waals surface area contributed by atoms with Crippen LogP contribution in [0.1, 0.15) is 37.3 Å². The second-order valence-corrected chi connectivity index (χ2v) is 5.88. The monoisotopic (exact) mass is 246 g/mol. The summed E-state index contributed by atoms with van der Waals surface area (Å²) in [6, 6.07) is 8.31. The number of carbonyl (C=O) groups is 1. The first-order valence-corrected chi connectivity index (χ1v) is 6.52. The van der Waals surface area contributed by atoms with E-state index >= 15 is 0 Å². The average molecular weight is 246 g/mol. The summed E-state index contributed by atoms with van der Waals surface area (Å²) in [5.41, 5.74) is 7.90. The fourth-order valence-corrected chi connectivity index (χ4v) is 2.31. The van der Waals surface area contributed by atoms with Crippen LogP contribution in [0.15, 0.2) is 24.3 Å². The van der Waals surface area contributed by atoms with E-state index < -0.39 is 0 Å². The summed E-state index contributed by atoms with van der Waals surface area (Å²) in [4.78, 5) is 12.1. The van der Waals surface area contributed by atoms with Gasteiger partial charge >= 0.3 is 0 Å². The van der Waals surface area contributed by atoms with Crippen LogP contribution in [0, 0.1) is 12.8 Å². The van der Waals surface area contributed by atoms with E-state index in [0.29, 0.717) is 12.5 Å². The van der Waals surface area contributed by atoms with Crippen LogP contribution in [0.5, 0.6) is 0 Å². The number of nitrogens with one attached hydrogen (secondary N) is 1. The van der Waals surface area contributed by atoms with Crippen molar-refractivity contribution in [2.45, 2.75) is 38.6 Å². The van der Waals surface area contributed by atoms with Crippen molar-refractivity contribution in [3.63, 3.8) is 0 Å². The summed E-state index contributed by atoms with van der Waals surface area (Å²) < 4.78 is 0. The standard InChI is InChI=1S/C15H22N2O/c1-10-6-4-5-7-11(10)12-8-13(12)14(18)17-15(2,3)9-16/h4-7,12-13H,8-9,16H2,1-3H3,(H,17,18). The molecule has 0 saturated heterocycles. The highest BCUT2D eigenvalue weighted by molar-refractivity contribution is 5.83. The topological polar surface area (TPSA) is 55.1 Å². The number of hydrogen-bond acceptors (Lipinski definition) is 2. The summed E-state index contributed by atoms with van der Waals surface area (Å²) in [6.07, 6.45) is 0.956. The Morgan fingerprint density at radius 2 is 2.11 bits per heavy atom. The Kier molecular flexibility index (Phi) is 3.44. The molecule has 1 aliphatic carbocycles. The minimum atomic E-state index is -0.310. The molecule has 1 aromatic rings. The van der Waals surface area contributed by atoms with Crippen LogP contribution >= 0.6 is 0 Å². The van der Waals surface area contributed by atoms with Gasteiger partial charge in [-0.25, -0.2) is 0 Å². The molecule has 0 heterocycles. The number of benzene rings is 1. The number of rotatable bonds is 4. The molecule has 3 nitrogen and oxygen atoms in total. The second kappa shape index (κ2) is 4.73. The zero-order valence-corrected chi connectivity index (χ0v) is 11.4. The predicted molar refractivity (Wildman–Crippen MR) is 73.3 cm³/mol. The number of aryl methyl sites for hydroxylation is 1. The molecule has 0 bridgehead atoms. The van der Waals surface area contributed by atoms with Gasteiger partial charge in [0.05, 0.1) is 0 Å². The SMILES string of the molecule is Cc1ccccc1C1CC1C(=O)NC(C)(C)CN. The molecule has 18 heavy (non-hydrogen) atoms. The molecule has 2 rings (SSSR count). The number of hydrogen-bond donors (Lipinski definition) is 2. The maximum Gasteiger partial charge on any atom is 0.224 e. The van der Waals surface area contributed by atoms with E-state index in [4.69, 9.17) is 5.73 Å². The molecule has 0 aromatic heterocycles. The smallest absolute Gasteiger partial charge is 0.224 e. The lowest BCUT2D eigenvalue weighted by molar-refractivity contribution is -0.123. The van der Waals surface area contributed by atoms with Crippen molar-refractivity contribution in [3.05, 3.63) is 35.4 Å². The molecule has 1 aromatic carbocycles. The first-order valence-electron chi connectivity index (χ1n) is 6.52. The van der Waals surface area contributed by atoms with Crippen LogP contribution < -0.4 is 11.1 Å². The molecule has 0 radical (unpaired) electrons. The number of carbonyl (C=O) groups excluding carboxylic acids is 1. The quantitative estimate of drug-likeness (QED) is 0.853. The molecule has 2 unspecified atom stereocenters. The molecule has 2 atom stereocenters. The van der Waals surface area contributed by atoms with Gasteiger partial charge < -0.3 is 11.1 Å². The van der Waals surface area contributed by atoms with Crippen LogP contribution in [0.3, 0.4) is 0 Å². The van der Waals surface area contributed by atoms with Crippen molar-refractivity contribution in [1.82, 2.24) is 5.32 Å². The Hall–Kier alpha value is -1.35. The molecule has 3 heteroatoms. The number of nitrogens with two attached hydrogens (primary N) is 1. The van der Waals surface area contributed by atoms with E-state index in [-0.39, 0.29) is 17.4 Å². The van der Waals surface area contributed by atoms with Gasteiger partial charge in [0.15, 0.2) is 0 Å². The molecule has 1 amide bonds. The Balaban J connectivity index is 2.00. The maximum atomic E-state index is 12.1. The van der Waals surface area contributed by atoms with Crippen LogP contribution in [-0.2, 0) is 4.79 Å². The van der Waals surface area contributed by atoms with E-state index in [1.165, 1.54) is 11.1 Å². The third-order valence-electron chi connectivity index (χ3n) is 3.69. The molecule has 1 aliphatic rings. The van der Waals surface area contributed by atoms with E-state index in [1.807, 2.05) is 26.0 Å². The van der Waals surface area contributed by atoms with Gasteiger partial charge in [-0.1, -0.05) is 24.3 Å². The van der Waals surface area contributed by atoms with Crippen molar-refractivity contribution in [1.29, 1.82) is 0 Å². The summed E-state index contributed by atoms with van der Waals surface area (Å²) in [5, 5.41) is 3.02. The molecule has 3 N–H and O–H groups in total. The Bertz CT molecular complexity index is 454. The predicted octanol–water partition coefficient (Wildman–Crippen LogP) is 1.95. The Morgan fingerprint density at radius 1 is 1.44 bits per heavy atom. The molecule has 0 aliphatic heterocycles. The summed E-state index contributed by atoms with van der Waals surface area (Å²) in [6.45, 7) is 6.47. The minimum Gasteiger partial charge on any atom is -0.350 e. The van der Waals surface area contributed by atoms with Gasteiger partial charge in [-0.05, 0) is 44.2 Å². The molecular weight excluding hydrogens is 224 g/mol. The van der Waals surface area contributed by atoms with Crippen LogP contribution in [0.4, 0.5) is 0 Å². The van der Waals surface area contributed by atoms with Crippen LogP contribution in [-0.4, -0.2) is 18.0 Å². The third kappa shape index (κ3) is 2.72. The first kappa shape index (κ1) is 13.1. The molecule has 0 spiro atoms. The summed E-state index contributed by atoms with van der Waals surface area (Å²) in [7, 11) is 0. The maximum absolute atomic E-state index is 12.1. The minimum absolute atomic E-state index is 0.122. The van der Waals surface area contributed by atoms with Gasteiger partial charge in [0.25, 0.3) is 0 Å². The van der Waals surface area contributed by atoms with E-state index in [0.717, 1.165) is 6.42 Å². The van der Waals surface area contributed by atoms with E-state index in [2.05, 4.69) is 24.4 Å². The Labute approximate surface area is 109 Å². The van der Waals surface area contributed by atoms with Crippen molar-refractivity contribution in [2.24, 2.45) is 11.7 Å². The van der Waals surface area contributed by atoms with Crippen LogP contribution in [0.25, 0.3) is 0 Å². The lowest BCUT2D eigenvalue weighted by Crippen LogP contribution is -2.49. The first-order chi connectivity index (χ1) is 8.44. The van der Waals surface area contributed by atoms with Crippen molar-refractivity contribution >= 4 is 5.91 Å². The van der Waals surface area contributed by atoms with Gasteiger partial charge in [-0.15, -0.1) is 0 Å². The highest BCUT2D eigenvalue weighted by Crippen LogP contribution is 2.48. The fraction of sp³-hybridized carbons (Fsp3) is 0.533. The lowest BCUT2D eigenvalue weighted by atomic mass is 10.0. The van der Waals surface area contributed by atoms with Crippen molar-refractivity contribution in [2.75, 3.05) is 6.54 Å². The van der Waals surface area contributed by atoms with E-state index in [1.54, 1.807) is 0 Å². The van der Waals surface area contributed by atoms with Gasteiger partial charge in [-0.2, -0.15) is 0 Å². The second-order valence-electron chi connectivity index (χ2n) is 5.88. The summed E-state index contributed by atoms with van der Waals surface area (Å²) >= 11 is 0. The highest BCUT2D eigenvalue weighted by Gasteiger charge is 2.45. The van der Waals surface area contributed by atoms with Crippen molar-refractivity contribution in [3.8, 4) is 0 Å². The molecule has 1 saturated carbocycles. The highest BCUT2D eigenvalue weighted by atomic mass is 16.2. The molecule has 1 fully saturated rings. The van der Waals surface area contributed by atoms with Gasteiger partial charge in [0, 0.05) is 18.0 Å². The Morgan fingerprint density at radius 3 is 2.72 bits per heavy atom. The summed E-state index contributed by atoms with van der Waals surface area (Å²) in [5.74, 6) is 0.649. The zero-order valence-electron chi connectivity index (χ0n) is 11.4. The van der Waals surface area contributed by atoms with Crippen LogP contribution in [0.2, 0.25) is 0 Å². The van der Waals surface area contributed by atoms with E-state index in [9.17, 15) is 4.79 Å². The van der Waals surface area contributed by atoms with Gasteiger partial charge in [-0.3, -0.25) is 4.79 Å². The normalized spacial score (nSPS) is 22.7. The van der Waals surface area contributed by atoms with Gasteiger partial charge in [0.2, 0.25) is 5.91 Å². The van der Waals surface area contributed by atoms with Crippen molar-refractivity contribution < 1.29 is 4.79 Å². The van der Waals surface area contributed by atoms with Gasteiger partial charge in [0.1, 0.15) is 0 Å².